The Morgan fingerprint density at radius 3 is 2.78 bits per heavy atom. The second-order valence-corrected chi connectivity index (χ2v) is 5.61. The molecule has 0 aliphatic carbocycles. The van der Waals surface area contributed by atoms with Crippen molar-refractivity contribution in [1.82, 2.24) is 4.98 Å². The van der Waals surface area contributed by atoms with Gasteiger partial charge in [0.15, 0.2) is 5.44 Å². The normalized spacial score (nSPS) is 13.7. The molecular formula is C12H13NO4S. The van der Waals surface area contributed by atoms with Crippen molar-refractivity contribution in [2.75, 3.05) is 0 Å². The minimum absolute atomic E-state index is 0.0371. The lowest BCUT2D eigenvalue weighted by molar-refractivity contribution is 0.224. The molecule has 5 nitrogen and oxygen atoms in total. The van der Waals surface area contributed by atoms with Crippen molar-refractivity contribution in [1.29, 1.82) is 0 Å². The van der Waals surface area contributed by atoms with Crippen LogP contribution in [0.2, 0.25) is 0 Å². The molecule has 0 bridgehead atoms. The lowest BCUT2D eigenvalue weighted by atomic mass is 10.1. The highest BCUT2D eigenvalue weighted by Crippen LogP contribution is 2.15. The average molecular weight is 267 g/mol. The topological polar surface area (TPSA) is 87.5 Å². The number of aliphatic hydroxyl groups excluding tert-OH is 1. The van der Waals surface area contributed by atoms with E-state index in [1.807, 2.05) is 30.3 Å². The number of aryl methyl sites for hydroxylation is 1. The molecule has 0 fully saturated rings. The fraction of sp³-hybridized carbons (Fsp3) is 0.250. The molecular weight excluding hydrogens is 254 g/mol. The summed E-state index contributed by atoms with van der Waals surface area (Å²) in [6.07, 6.45) is 2.03. The largest absolute Gasteiger partial charge is 0.375 e. The summed E-state index contributed by atoms with van der Waals surface area (Å²) in [6.45, 7) is 0. The van der Waals surface area contributed by atoms with E-state index < -0.39 is 15.6 Å². The Hall–Kier alpha value is -1.50. The molecule has 0 spiro atoms. The van der Waals surface area contributed by atoms with Crippen molar-refractivity contribution >= 4 is 21.0 Å². The van der Waals surface area contributed by atoms with Gasteiger partial charge in [-0.3, -0.25) is 9.54 Å². The Morgan fingerprint density at radius 1 is 1.28 bits per heavy atom. The highest BCUT2D eigenvalue weighted by Gasteiger charge is 2.18. The van der Waals surface area contributed by atoms with E-state index in [2.05, 4.69) is 4.98 Å². The van der Waals surface area contributed by atoms with Crippen LogP contribution in [0.25, 0.3) is 10.9 Å². The summed E-state index contributed by atoms with van der Waals surface area (Å²) < 4.78 is 30.0. The van der Waals surface area contributed by atoms with E-state index in [1.165, 1.54) is 0 Å². The van der Waals surface area contributed by atoms with E-state index in [4.69, 9.17) is 4.55 Å². The molecule has 1 atom stereocenters. The first kappa shape index (κ1) is 12.9. The third-order valence-corrected chi connectivity index (χ3v) is 3.61. The van der Waals surface area contributed by atoms with Crippen LogP contribution in [-0.4, -0.2) is 28.5 Å². The summed E-state index contributed by atoms with van der Waals surface area (Å²) in [4.78, 5) is 4.17. The zero-order valence-electron chi connectivity index (χ0n) is 9.52. The maximum Gasteiger partial charge on any atom is 0.292 e. The van der Waals surface area contributed by atoms with Gasteiger partial charge in [-0.2, -0.15) is 8.42 Å². The van der Waals surface area contributed by atoms with Crippen molar-refractivity contribution in [2.45, 2.75) is 18.3 Å². The lowest BCUT2D eigenvalue weighted by Gasteiger charge is -2.07. The Morgan fingerprint density at radius 2 is 2.06 bits per heavy atom. The highest BCUT2D eigenvalue weighted by atomic mass is 32.2. The Balaban J connectivity index is 2.13. The lowest BCUT2D eigenvalue weighted by Crippen LogP contribution is -2.20. The van der Waals surface area contributed by atoms with Gasteiger partial charge in [-0.05, 0) is 36.6 Å². The van der Waals surface area contributed by atoms with E-state index in [9.17, 15) is 13.5 Å². The fourth-order valence-electron chi connectivity index (χ4n) is 1.72. The van der Waals surface area contributed by atoms with Gasteiger partial charge < -0.3 is 5.11 Å². The zero-order valence-corrected chi connectivity index (χ0v) is 10.3. The molecule has 0 saturated carbocycles. The number of hydrogen-bond acceptors (Lipinski definition) is 4. The minimum atomic E-state index is -4.37. The van der Waals surface area contributed by atoms with Crippen molar-refractivity contribution < 1.29 is 18.1 Å². The molecule has 6 heteroatoms. The van der Waals surface area contributed by atoms with Crippen molar-refractivity contribution in [3.8, 4) is 0 Å². The predicted molar refractivity (Wildman–Crippen MR) is 67.6 cm³/mol. The van der Waals surface area contributed by atoms with Gasteiger partial charge in [0.2, 0.25) is 0 Å². The number of fused-ring (bicyclic) bond motifs is 1. The second-order valence-electron chi connectivity index (χ2n) is 4.04. The molecule has 1 aromatic carbocycles. The van der Waals surface area contributed by atoms with E-state index in [0.717, 1.165) is 16.5 Å². The number of aromatic nitrogens is 1. The van der Waals surface area contributed by atoms with Gasteiger partial charge in [0.25, 0.3) is 10.1 Å². The SMILES string of the molecule is O=S(=O)(O)C(O)CCc1ccc2ncccc2c1. The number of nitrogens with zero attached hydrogens (tertiary/aromatic N) is 1. The van der Waals surface area contributed by atoms with Gasteiger partial charge in [0, 0.05) is 11.6 Å². The Bertz CT molecular complexity index is 654. The Kier molecular flexibility index (Phi) is 3.60. The molecule has 0 amide bonds. The number of rotatable bonds is 4. The smallest absolute Gasteiger partial charge is 0.292 e. The molecule has 0 aliphatic rings. The number of aliphatic hydroxyl groups is 1. The third-order valence-electron chi connectivity index (χ3n) is 2.69. The van der Waals surface area contributed by atoms with Crippen molar-refractivity contribution in [3.05, 3.63) is 42.1 Å². The number of hydrogen-bond donors (Lipinski definition) is 2. The van der Waals surface area contributed by atoms with Gasteiger partial charge in [0.1, 0.15) is 0 Å². The molecule has 0 radical (unpaired) electrons. The summed E-state index contributed by atoms with van der Waals surface area (Å²) in [6, 6.07) is 9.28. The van der Waals surface area contributed by atoms with E-state index in [0.29, 0.717) is 6.42 Å². The molecule has 1 unspecified atom stereocenters. The maximum atomic E-state index is 10.7. The van der Waals surface area contributed by atoms with Crippen LogP contribution in [-0.2, 0) is 16.5 Å². The predicted octanol–water partition coefficient (Wildman–Crippen LogP) is 1.37. The summed E-state index contributed by atoms with van der Waals surface area (Å²) in [5, 5.41) is 10.2. The van der Waals surface area contributed by atoms with E-state index in [1.54, 1.807) is 6.20 Å². The molecule has 1 heterocycles. The van der Waals surface area contributed by atoms with Crippen LogP contribution in [0.4, 0.5) is 0 Å². The molecule has 18 heavy (non-hydrogen) atoms. The molecule has 96 valence electrons. The van der Waals surface area contributed by atoms with Gasteiger partial charge in [-0.25, -0.2) is 0 Å². The van der Waals surface area contributed by atoms with Crippen LogP contribution in [0.1, 0.15) is 12.0 Å². The maximum absolute atomic E-state index is 10.7. The quantitative estimate of drug-likeness (QED) is 0.817. The summed E-state index contributed by atoms with van der Waals surface area (Å²) in [5.74, 6) is 0. The van der Waals surface area contributed by atoms with Crippen molar-refractivity contribution in [3.63, 3.8) is 0 Å². The number of benzene rings is 1. The van der Waals surface area contributed by atoms with Crippen LogP contribution >= 0.6 is 0 Å². The molecule has 2 N–H and O–H groups in total. The van der Waals surface area contributed by atoms with Crippen molar-refractivity contribution in [2.24, 2.45) is 0 Å². The fourth-order valence-corrected chi connectivity index (χ4v) is 2.14. The average Bonchev–Trinajstić information content (AvgIpc) is 2.34. The monoisotopic (exact) mass is 267 g/mol. The number of pyridine rings is 1. The van der Waals surface area contributed by atoms with E-state index >= 15 is 0 Å². The van der Waals surface area contributed by atoms with Gasteiger partial charge >= 0.3 is 0 Å². The molecule has 2 aromatic rings. The van der Waals surface area contributed by atoms with Crippen LogP contribution < -0.4 is 0 Å². The standard InChI is InChI=1S/C12H13NO4S/c14-12(18(15,16)17)6-4-9-3-5-11-10(8-9)2-1-7-13-11/h1-3,5,7-8,12,14H,4,6H2,(H,15,16,17). The van der Waals surface area contributed by atoms with Gasteiger partial charge in [0.05, 0.1) is 5.52 Å². The highest BCUT2D eigenvalue weighted by molar-refractivity contribution is 7.86. The minimum Gasteiger partial charge on any atom is -0.375 e. The molecule has 1 aromatic heterocycles. The molecule has 2 rings (SSSR count). The van der Waals surface area contributed by atoms with Crippen LogP contribution in [0.3, 0.4) is 0 Å². The zero-order chi connectivity index (χ0) is 13.2. The van der Waals surface area contributed by atoms with Crippen LogP contribution in [0.15, 0.2) is 36.5 Å². The summed E-state index contributed by atoms with van der Waals surface area (Å²) in [5.41, 5.74) is 0.0110. The third kappa shape index (κ3) is 3.04. The van der Waals surface area contributed by atoms with E-state index in [-0.39, 0.29) is 6.42 Å². The van der Waals surface area contributed by atoms with Gasteiger partial charge in [-0.15, -0.1) is 0 Å². The first-order valence-electron chi connectivity index (χ1n) is 5.45. The summed E-state index contributed by atoms with van der Waals surface area (Å²) >= 11 is 0. The first-order chi connectivity index (χ1) is 8.47. The van der Waals surface area contributed by atoms with Gasteiger partial charge in [-0.1, -0.05) is 12.1 Å². The van der Waals surface area contributed by atoms with Crippen LogP contribution in [0.5, 0.6) is 0 Å². The van der Waals surface area contributed by atoms with Crippen LogP contribution in [0, 0.1) is 0 Å². The summed E-state index contributed by atoms with van der Waals surface area (Å²) in [7, 11) is -4.37. The first-order valence-corrected chi connectivity index (χ1v) is 6.95. The molecule has 0 saturated heterocycles. The Labute approximate surface area is 105 Å². The second kappa shape index (κ2) is 5.01. The molecule has 0 aliphatic heterocycles.